The van der Waals surface area contributed by atoms with Gasteiger partial charge in [0.1, 0.15) is 0 Å². The molecule has 0 saturated carbocycles. The van der Waals surface area contributed by atoms with E-state index in [1.54, 1.807) is 18.2 Å². The highest BCUT2D eigenvalue weighted by atomic mass is 32.2. The number of aromatic amines is 2. The van der Waals surface area contributed by atoms with E-state index in [1.165, 1.54) is 38.1 Å². The third kappa shape index (κ3) is 4.37. The predicted molar refractivity (Wildman–Crippen MR) is 107 cm³/mol. The lowest BCUT2D eigenvalue weighted by Crippen LogP contribution is -2.30. The number of sulfone groups is 1. The van der Waals surface area contributed by atoms with Gasteiger partial charge in [0.25, 0.3) is 5.91 Å². The van der Waals surface area contributed by atoms with E-state index in [2.05, 4.69) is 15.3 Å². The second-order valence-electron chi connectivity index (χ2n) is 6.28. The summed E-state index contributed by atoms with van der Waals surface area (Å²) in [6.07, 6.45) is -1.18. The quantitative estimate of drug-likeness (QED) is 0.523. The molecule has 0 unspecified atom stereocenters. The maximum absolute atomic E-state index is 12.5. The Bertz CT molecular complexity index is 1240. The molecule has 0 aliphatic heterocycles. The first kappa shape index (κ1) is 20.3. The fourth-order valence-electron chi connectivity index (χ4n) is 2.69. The van der Waals surface area contributed by atoms with Crippen LogP contribution >= 0.6 is 0 Å². The Hall–Kier alpha value is -3.40. The average Bonchev–Trinajstić information content (AvgIpc) is 3.07. The smallest absolute Gasteiger partial charge is 0.340 e. The van der Waals surface area contributed by atoms with Crippen molar-refractivity contribution in [2.45, 2.75) is 24.8 Å². The van der Waals surface area contributed by atoms with Crippen molar-refractivity contribution in [1.29, 1.82) is 0 Å². The molecule has 0 aliphatic carbocycles. The Labute approximate surface area is 166 Å². The Morgan fingerprint density at radius 2 is 1.79 bits per heavy atom. The summed E-state index contributed by atoms with van der Waals surface area (Å²) in [6.45, 7) is 2.85. The first-order valence-electron chi connectivity index (χ1n) is 8.77. The minimum atomic E-state index is -3.63. The van der Waals surface area contributed by atoms with Crippen molar-refractivity contribution in [1.82, 2.24) is 9.97 Å². The number of carbonyl (C=O) groups is 2. The molecule has 3 aromatic rings. The molecular weight excluding hydrogens is 398 g/mol. The number of carbonyl (C=O) groups excluding carboxylic acids is 2. The van der Waals surface area contributed by atoms with Gasteiger partial charge in [0.2, 0.25) is 0 Å². The van der Waals surface area contributed by atoms with Gasteiger partial charge in [0.05, 0.1) is 27.2 Å². The number of ether oxygens (including phenoxy) is 1. The van der Waals surface area contributed by atoms with Gasteiger partial charge >= 0.3 is 11.7 Å². The fourth-order valence-corrected chi connectivity index (χ4v) is 3.78. The Balaban J connectivity index is 1.74. The number of amides is 1. The monoisotopic (exact) mass is 417 g/mol. The molecule has 1 amide bonds. The van der Waals surface area contributed by atoms with Crippen molar-refractivity contribution in [2.24, 2.45) is 0 Å². The second-order valence-corrected chi connectivity index (χ2v) is 8.52. The lowest BCUT2D eigenvalue weighted by atomic mass is 10.2. The van der Waals surface area contributed by atoms with Crippen LogP contribution in [0.15, 0.2) is 52.2 Å². The van der Waals surface area contributed by atoms with Crippen LogP contribution in [0.3, 0.4) is 0 Å². The molecule has 10 heteroatoms. The van der Waals surface area contributed by atoms with Crippen LogP contribution in [0.4, 0.5) is 5.69 Å². The molecule has 0 spiro atoms. The summed E-state index contributed by atoms with van der Waals surface area (Å²) in [6, 6.07) is 10.5. The standard InChI is InChI=1S/C19H19N3O6S/c1-3-29(26,27)16-7-5-4-6-13(16)18(24)28-11(2)17(23)20-12-8-9-14-15(10-12)22-19(25)21-14/h4-11H,3H2,1-2H3,(H,20,23)(H2,21,22,25)/t11-/m0/s1. The number of benzene rings is 2. The van der Waals surface area contributed by atoms with E-state index in [9.17, 15) is 22.8 Å². The summed E-state index contributed by atoms with van der Waals surface area (Å²) in [7, 11) is -3.63. The summed E-state index contributed by atoms with van der Waals surface area (Å²) in [5.41, 5.74) is 0.999. The summed E-state index contributed by atoms with van der Waals surface area (Å²) >= 11 is 0. The van der Waals surface area contributed by atoms with Crippen LogP contribution < -0.4 is 11.0 Å². The van der Waals surface area contributed by atoms with Gasteiger partial charge in [0.15, 0.2) is 15.9 Å². The third-order valence-corrected chi connectivity index (χ3v) is 6.04. The number of esters is 1. The minimum Gasteiger partial charge on any atom is -0.449 e. The third-order valence-electron chi connectivity index (χ3n) is 4.26. The van der Waals surface area contributed by atoms with Crippen LogP contribution in [-0.2, 0) is 19.4 Å². The highest BCUT2D eigenvalue weighted by Gasteiger charge is 2.25. The zero-order chi connectivity index (χ0) is 21.2. The van der Waals surface area contributed by atoms with Gasteiger partial charge in [-0.05, 0) is 37.3 Å². The highest BCUT2D eigenvalue weighted by molar-refractivity contribution is 7.91. The molecular formula is C19H19N3O6S. The maximum atomic E-state index is 12.5. The van der Waals surface area contributed by atoms with Crippen molar-refractivity contribution in [3.63, 3.8) is 0 Å². The molecule has 1 heterocycles. The molecule has 0 fully saturated rings. The van der Waals surface area contributed by atoms with Gasteiger partial charge in [-0.2, -0.15) is 0 Å². The Kier molecular flexibility index (Phi) is 5.55. The Morgan fingerprint density at radius 1 is 1.10 bits per heavy atom. The summed E-state index contributed by atoms with van der Waals surface area (Å²) in [4.78, 5) is 41.2. The fraction of sp³-hybridized carbons (Fsp3) is 0.211. The molecule has 1 aromatic heterocycles. The van der Waals surface area contributed by atoms with E-state index in [-0.39, 0.29) is 21.9 Å². The zero-order valence-corrected chi connectivity index (χ0v) is 16.5. The molecule has 3 N–H and O–H groups in total. The van der Waals surface area contributed by atoms with Crippen molar-refractivity contribution < 1.29 is 22.7 Å². The number of nitrogens with one attached hydrogen (secondary N) is 3. The first-order chi connectivity index (χ1) is 13.7. The SMILES string of the molecule is CCS(=O)(=O)c1ccccc1C(=O)O[C@@H](C)C(=O)Nc1ccc2[nH]c(=O)[nH]c2c1. The lowest BCUT2D eigenvalue weighted by molar-refractivity contribution is -0.123. The number of H-pyrrole nitrogens is 2. The average molecular weight is 417 g/mol. The summed E-state index contributed by atoms with van der Waals surface area (Å²) in [5.74, 6) is -1.69. The molecule has 3 rings (SSSR count). The number of rotatable bonds is 6. The first-order valence-corrected chi connectivity index (χ1v) is 10.4. The second kappa shape index (κ2) is 7.92. The number of hydrogen-bond donors (Lipinski definition) is 3. The number of hydrogen-bond acceptors (Lipinski definition) is 6. The normalized spacial score (nSPS) is 12.5. The minimum absolute atomic E-state index is 0.125. The van der Waals surface area contributed by atoms with Gasteiger partial charge in [-0.15, -0.1) is 0 Å². The molecule has 152 valence electrons. The van der Waals surface area contributed by atoms with Crippen molar-refractivity contribution in [2.75, 3.05) is 11.1 Å². The molecule has 9 nitrogen and oxygen atoms in total. The molecule has 2 aromatic carbocycles. The Morgan fingerprint density at radius 3 is 2.52 bits per heavy atom. The van der Waals surface area contributed by atoms with Crippen LogP contribution in [0.5, 0.6) is 0 Å². The number of fused-ring (bicyclic) bond motifs is 1. The molecule has 0 saturated heterocycles. The molecule has 0 bridgehead atoms. The van der Waals surface area contributed by atoms with E-state index in [0.29, 0.717) is 16.7 Å². The summed E-state index contributed by atoms with van der Waals surface area (Å²) < 4.78 is 29.5. The van der Waals surface area contributed by atoms with E-state index in [0.717, 1.165) is 0 Å². The van der Waals surface area contributed by atoms with E-state index < -0.39 is 27.8 Å². The van der Waals surface area contributed by atoms with Crippen LogP contribution in [0.25, 0.3) is 11.0 Å². The van der Waals surface area contributed by atoms with E-state index in [1.807, 2.05) is 0 Å². The van der Waals surface area contributed by atoms with Crippen LogP contribution in [0.2, 0.25) is 0 Å². The summed E-state index contributed by atoms with van der Waals surface area (Å²) in [5, 5.41) is 2.59. The molecule has 1 atom stereocenters. The molecule has 0 aliphatic rings. The topological polar surface area (TPSA) is 138 Å². The van der Waals surface area contributed by atoms with Gasteiger partial charge in [-0.25, -0.2) is 18.0 Å². The van der Waals surface area contributed by atoms with Gasteiger partial charge < -0.3 is 20.0 Å². The highest BCUT2D eigenvalue weighted by Crippen LogP contribution is 2.19. The van der Waals surface area contributed by atoms with Gasteiger partial charge in [0, 0.05) is 5.69 Å². The molecule has 29 heavy (non-hydrogen) atoms. The largest absolute Gasteiger partial charge is 0.449 e. The molecule has 0 radical (unpaired) electrons. The lowest BCUT2D eigenvalue weighted by Gasteiger charge is -2.15. The van der Waals surface area contributed by atoms with Gasteiger partial charge in [-0.3, -0.25) is 4.79 Å². The predicted octanol–water partition coefficient (Wildman–Crippen LogP) is 1.83. The van der Waals surface area contributed by atoms with Crippen molar-refractivity contribution >= 4 is 38.4 Å². The van der Waals surface area contributed by atoms with Crippen LogP contribution in [-0.4, -0.2) is 42.1 Å². The zero-order valence-electron chi connectivity index (χ0n) is 15.7. The maximum Gasteiger partial charge on any atom is 0.340 e. The van der Waals surface area contributed by atoms with Gasteiger partial charge in [-0.1, -0.05) is 19.1 Å². The van der Waals surface area contributed by atoms with E-state index >= 15 is 0 Å². The van der Waals surface area contributed by atoms with Crippen molar-refractivity contribution in [3.8, 4) is 0 Å². The van der Waals surface area contributed by atoms with E-state index in [4.69, 9.17) is 4.74 Å². The van der Waals surface area contributed by atoms with Crippen molar-refractivity contribution in [3.05, 3.63) is 58.5 Å². The number of aromatic nitrogens is 2. The van der Waals surface area contributed by atoms with Crippen LogP contribution in [0.1, 0.15) is 24.2 Å². The van der Waals surface area contributed by atoms with Crippen LogP contribution in [0, 0.1) is 0 Å². The number of anilines is 1. The number of imidazole rings is 1.